The molecule has 0 spiro atoms. The molecule has 1 aliphatic rings. The van der Waals surface area contributed by atoms with E-state index in [2.05, 4.69) is 10.2 Å². The van der Waals surface area contributed by atoms with Crippen LogP contribution in [0.1, 0.15) is 65.7 Å². The minimum Gasteiger partial charge on any atom is -0.459 e. The first kappa shape index (κ1) is 35.8. The number of carbonyl (C=O) groups is 2. The monoisotopic (exact) mass is 674 g/mol. The summed E-state index contributed by atoms with van der Waals surface area (Å²) in [6.07, 6.45) is -3.37. The van der Waals surface area contributed by atoms with E-state index in [1.165, 1.54) is 12.1 Å². The smallest absolute Gasteiger partial charge is 0.416 e. The summed E-state index contributed by atoms with van der Waals surface area (Å²) < 4.78 is 56.0. The number of piperidine rings is 1. The topological polar surface area (TPSA) is 77.1 Å². The molecule has 4 aromatic carbocycles. The molecule has 4 aromatic rings. The van der Waals surface area contributed by atoms with Crippen LogP contribution in [0.4, 0.5) is 18.9 Å². The number of nitrogens with one attached hydrogen (secondary N) is 1. The van der Waals surface area contributed by atoms with E-state index in [0.29, 0.717) is 48.7 Å². The molecule has 49 heavy (non-hydrogen) atoms. The number of esters is 1. The number of ether oxygens (including phenoxy) is 3. The first-order valence-electron chi connectivity index (χ1n) is 16.5. The number of hydrogen-bond donors (Lipinski definition) is 1. The molecule has 5 rings (SSSR count). The Hall–Kier alpha value is -4.51. The number of benzene rings is 4. The van der Waals surface area contributed by atoms with E-state index in [4.69, 9.17) is 14.2 Å². The summed E-state index contributed by atoms with van der Waals surface area (Å²) in [6, 6.07) is 28.4. The van der Waals surface area contributed by atoms with Gasteiger partial charge in [-0.1, -0.05) is 72.8 Å². The summed E-state index contributed by atoms with van der Waals surface area (Å²) in [5.74, 6) is -0.424. The van der Waals surface area contributed by atoms with E-state index in [-0.39, 0.29) is 24.4 Å². The Morgan fingerprint density at radius 1 is 0.816 bits per heavy atom. The molecule has 1 amide bonds. The fourth-order valence-electron chi connectivity index (χ4n) is 6.18. The summed E-state index contributed by atoms with van der Waals surface area (Å²) in [4.78, 5) is 28.9. The molecule has 0 saturated carbocycles. The van der Waals surface area contributed by atoms with Crippen molar-refractivity contribution in [2.45, 2.75) is 51.1 Å². The number of hydrogen-bond acceptors (Lipinski definition) is 6. The fraction of sp³-hybridized carbons (Fsp3) is 0.333. The Balaban J connectivity index is 1.21. The molecule has 0 radical (unpaired) electrons. The second-order valence-electron chi connectivity index (χ2n) is 11.8. The van der Waals surface area contributed by atoms with Crippen molar-refractivity contribution < 1.29 is 37.0 Å². The summed E-state index contributed by atoms with van der Waals surface area (Å²) in [6.45, 7) is 6.03. The first-order valence-corrected chi connectivity index (χ1v) is 16.5. The van der Waals surface area contributed by atoms with E-state index >= 15 is 0 Å². The van der Waals surface area contributed by atoms with E-state index < -0.39 is 24.1 Å². The zero-order chi connectivity index (χ0) is 34.8. The molecule has 1 unspecified atom stereocenters. The zero-order valence-electron chi connectivity index (χ0n) is 27.6. The van der Waals surface area contributed by atoms with E-state index in [0.717, 1.165) is 36.1 Å². The van der Waals surface area contributed by atoms with Crippen molar-refractivity contribution in [1.82, 2.24) is 4.90 Å². The maximum absolute atomic E-state index is 13.4. The molecule has 1 atom stereocenters. The summed E-state index contributed by atoms with van der Waals surface area (Å²) in [5.41, 5.74) is 3.29. The number of alkyl halides is 3. The highest BCUT2D eigenvalue weighted by atomic mass is 19.4. The normalized spacial score (nSPS) is 14.8. The number of anilines is 1. The first-order chi connectivity index (χ1) is 23.7. The van der Waals surface area contributed by atoms with Gasteiger partial charge in [0, 0.05) is 24.5 Å². The van der Waals surface area contributed by atoms with Crippen molar-refractivity contribution >= 4 is 17.6 Å². The lowest BCUT2D eigenvalue weighted by Crippen LogP contribution is -2.41. The molecule has 1 heterocycles. The van der Waals surface area contributed by atoms with Crippen LogP contribution in [0.25, 0.3) is 11.1 Å². The highest BCUT2D eigenvalue weighted by molar-refractivity contribution is 6.08. The minimum absolute atomic E-state index is 0.0177. The standard InChI is InChI=1S/C39H41F3N2O5/c1-3-47-35(48-4-2)26-49-38(46)36(30-10-6-5-7-11-30)44-24-22-28(23-25-44)27-16-20-32(21-17-27)43-37(45)34-13-9-8-12-33(34)29-14-18-31(19-15-29)39(40,41)42/h5-21,28,35-36H,3-4,22-26H2,1-2H3,(H,43,45). The van der Waals surface area contributed by atoms with Crippen LogP contribution >= 0.6 is 0 Å². The molecular formula is C39H41F3N2O5. The van der Waals surface area contributed by atoms with Gasteiger partial charge in [0.25, 0.3) is 5.91 Å². The van der Waals surface area contributed by atoms with Crippen LogP contribution in [0.15, 0.2) is 103 Å². The van der Waals surface area contributed by atoms with Crippen LogP contribution in [0, 0.1) is 0 Å². The highest BCUT2D eigenvalue weighted by Gasteiger charge is 2.33. The van der Waals surface area contributed by atoms with E-state index in [1.807, 2.05) is 68.4 Å². The quantitative estimate of drug-likeness (QED) is 0.113. The lowest BCUT2D eigenvalue weighted by atomic mass is 9.88. The maximum Gasteiger partial charge on any atom is 0.416 e. The average Bonchev–Trinajstić information content (AvgIpc) is 3.12. The Morgan fingerprint density at radius 2 is 1.43 bits per heavy atom. The van der Waals surface area contributed by atoms with Crippen LogP contribution < -0.4 is 5.32 Å². The maximum atomic E-state index is 13.4. The average molecular weight is 675 g/mol. The third-order valence-corrected chi connectivity index (χ3v) is 8.63. The van der Waals surface area contributed by atoms with Crippen molar-refractivity contribution in [3.8, 4) is 11.1 Å². The molecule has 1 fully saturated rings. The Bertz CT molecular complexity index is 1650. The molecule has 258 valence electrons. The number of nitrogens with zero attached hydrogens (tertiary/aromatic N) is 1. The van der Waals surface area contributed by atoms with Gasteiger partial charge in [0.05, 0.1) is 5.56 Å². The number of amides is 1. The molecule has 7 nitrogen and oxygen atoms in total. The van der Waals surface area contributed by atoms with Gasteiger partial charge in [-0.2, -0.15) is 13.2 Å². The van der Waals surface area contributed by atoms with Crippen LogP contribution in [0.5, 0.6) is 0 Å². The van der Waals surface area contributed by atoms with Crippen LogP contribution in [-0.4, -0.2) is 56.0 Å². The van der Waals surface area contributed by atoms with Gasteiger partial charge in [-0.3, -0.25) is 9.69 Å². The molecule has 0 aliphatic carbocycles. The van der Waals surface area contributed by atoms with Crippen LogP contribution in [0.2, 0.25) is 0 Å². The van der Waals surface area contributed by atoms with Crippen LogP contribution in [0.3, 0.4) is 0 Å². The lowest BCUT2D eigenvalue weighted by molar-refractivity contribution is -0.183. The molecule has 1 saturated heterocycles. The number of likely N-dealkylation sites (tertiary alicyclic amines) is 1. The predicted octanol–water partition coefficient (Wildman–Crippen LogP) is 8.49. The van der Waals surface area contributed by atoms with Crippen molar-refractivity contribution in [1.29, 1.82) is 0 Å². The third kappa shape index (κ3) is 9.35. The van der Waals surface area contributed by atoms with E-state index in [1.54, 1.807) is 24.3 Å². The molecule has 1 N–H and O–H groups in total. The Kier molecular flexibility index (Phi) is 12.2. The van der Waals surface area contributed by atoms with Gasteiger partial charge in [0.2, 0.25) is 0 Å². The van der Waals surface area contributed by atoms with Gasteiger partial charge in [-0.15, -0.1) is 0 Å². The lowest BCUT2D eigenvalue weighted by Gasteiger charge is -2.37. The fourth-order valence-corrected chi connectivity index (χ4v) is 6.18. The van der Waals surface area contributed by atoms with Crippen molar-refractivity contribution in [3.05, 3.63) is 125 Å². The highest BCUT2D eigenvalue weighted by Crippen LogP contribution is 2.35. The molecule has 0 aromatic heterocycles. The van der Waals surface area contributed by atoms with Crippen LogP contribution in [-0.2, 0) is 25.2 Å². The summed E-state index contributed by atoms with van der Waals surface area (Å²) >= 11 is 0. The number of halogens is 3. The van der Waals surface area contributed by atoms with Gasteiger partial charge in [0.1, 0.15) is 12.6 Å². The molecule has 10 heteroatoms. The number of carbonyl (C=O) groups excluding carboxylic acids is 2. The second kappa shape index (κ2) is 16.7. The Morgan fingerprint density at radius 3 is 2.04 bits per heavy atom. The van der Waals surface area contributed by atoms with Crippen molar-refractivity contribution in [2.75, 3.05) is 38.2 Å². The summed E-state index contributed by atoms with van der Waals surface area (Å²) in [5, 5.41) is 2.93. The van der Waals surface area contributed by atoms with Gasteiger partial charge >= 0.3 is 12.1 Å². The van der Waals surface area contributed by atoms with Gasteiger partial charge in [-0.25, -0.2) is 4.79 Å². The Labute approximate surface area is 285 Å². The second-order valence-corrected chi connectivity index (χ2v) is 11.8. The van der Waals surface area contributed by atoms with E-state index in [9.17, 15) is 22.8 Å². The van der Waals surface area contributed by atoms with Crippen molar-refractivity contribution in [3.63, 3.8) is 0 Å². The largest absolute Gasteiger partial charge is 0.459 e. The van der Waals surface area contributed by atoms with Gasteiger partial charge in [-0.05, 0) is 98.3 Å². The molecular weight excluding hydrogens is 633 g/mol. The van der Waals surface area contributed by atoms with Gasteiger partial charge < -0.3 is 19.5 Å². The number of rotatable bonds is 13. The van der Waals surface area contributed by atoms with Crippen molar-refractivity contribution in [2.24, 2.45) is 0 Å². The predicted molar refractivity (Wildman–Crippen MR) is 182 cm³/mol. The molecule has 0 bridgehead atoms. The SMILES string of the molecule is CCOC(COC(=O)C(c1ccccc1)N1CCC(c2ccc(NC(=O)c3ccccc3-c3ccc(C(F)(F)F)cc3)cc2)CC1)OCC. The van der Waals surface area contributed by atoms with Gasteiger partial charge in [0.15, 0.2) is 6.29 Å². The third-order valence-electron chi connectivity index (χ3n) is 8.63. The zero-order valence-corrected chi connectivity index (χ0v) is 27.6. The summed E-state index contributed by atoms with van der Waals surface area (Å²) in [7, 11) is 0. The minimum atomic E-state index is -4.44. The molecule has 1 aliphatic heterocycles.